The van der Waals surface area contributed by atoms with Crippen LogP contribution in [-0.2, 0) is 9.53 Å². The van der Waals surface area contributed by atoms with Gasteiger partial charge in [0.1, 0.15) is 0 Å². The Morgan fingerprint density at radius 3 is 2.68 bits per heavy atom. The quantitative estimate of drug-likeness (QED) is 0.764. The average molecular weight is 259 g/mol. The lowest BCUT2D eigenvalue weighted by Gasteiger charge is -2.41. The first-order chi connectivity index (χ1) is 9.22. The fraction of sp³-hybridized carbons (Fsp3) is 0.562. The summed E-state index contributed by atoms with van der Waals surface area (Å²) in [6, 6.07) is 11.4. The molecule has 3 nitrogen and oxygen atoms in total. The minimum absolute atomic E-state index is 0.0175. The van der Waals surface area contributed by atoms with E-state index in [0.29, 0.717) is 18.0 Å². The summed E-state index contributed by atoms with van der Waals surface area (Å²) >= 11 is 0. The Hall–Kier alpha value is -1.35. The molecule has 2 bridgehead atoms. The maximum absolute atomic E-state index is 12.2. The summed E-state index contributed by atoms with van der Waals surface area (Å²) in [7, 11) is 3.66. The van der Waals surface area contributed by atoms with Crippen molar-refractivity contribution in [1.82, 2.24) is 4.90 Å². The zero-order valence-electron chi connectivity index (χ0n) is 11.6. The molecule has 1 unspecified atom stereocenters. The number of benzene rings is 1. The number of carbonyl (C=O) groups is 1. The fourth-order valence-electron chi connectivity index (χ4n) is 3.97. The van der Waals surface area contributed by atoms with Crippen molar-refractivity contribution in [2.45, 2.75) is 37.3 Å². The van der Waals surface area contributed by atoms with Crippen LogP contribution in [0.2, 0.25) is 0 Å². The maximum Gasteiger partial charge on any atom is 0.310 e. The first-order valence-electron chi connectivity index (χ1n) is 7.07. The summed E-state index contributed by atoms with van der Waals surface area (Å²) in [5, 5.41) is 0. The van der Waals surface area contributed by atoms with Crippen molar-refractivity contribution in [2.75, 3.05) is 14.2 Å². The summed E-state index contributed by atoms with van der Waals surface area (Å²) in [5.74, 6) is 0.240. The molecule has 2 saturated heterocycles. The zero-order valence-corrected chi connectivity index (χ0v) is 11.6. The number of hydrogen-bond donors (Lipinski definition) is 0. The highest BCUT2D eigenvalue weighted by molar-refractivity contribution is 5.75. The van der Waals surface area contributed by atoms with E-state index in [-0.39, 0.29) is 11.9 Å². The molecule has 2 aliphatic heterocycles. The molecule has 19 heavy (non-hydrogen) atoms. The third-order valence-electron chi connectivity index (χ3n) is 4.97. The topological polar surface area (TPSA) is 29.5 Å². The highest BCUT2D eigenvalue weighted by atomic mass is 16.5. The van der Waals surface area contributed by atoms with Crippen molar-refractivity contribution in [1.29, 1.82) is 0 Å². The molecule has 2 heterocycles. The van der Waals surface area contributed by atoms with Gasteiger partial charge in [0.2, 0.25) is 0 Å². The van der Waals surface area contributed by atoms with Crippen molar-refractivity contribution in [3.63, 3.8) is 0 Å². The van der Waals surface area contributed by atoms with Gasteiger partial charge in [-0.3, -0.25) is 9.69 Å². The van der Waals surface area contributed by atoms with E-state index in [4.69, 9.17) is 4.74 Å². The minimum atomic E-state index is -0.0500. The second-order valence-electron chi connectivity index (χ2n) is 5.77. The molecule has 0 spiro atoms. The SMILES string of the molecule is COC(=O)[C@H]1[C@@H](c2ccccc2)CC2CC[C@H]1N2C. The molecule has 0 saturated carbocycles. The zero-order chi connectivity index (χ0) is 13.4. The van der Waals surface area contributed by atoms with E-state index in [0.717, 1.165) is 12.8 Å². The van der Waals surface area contributed by atoms with Gasteiger partial charge in [-0.2, -0.15) is 0 Å². The average Bonchev–Trinajstić information content (AvgIpc) is 2.70. The highest BCUT2D eigenvalue weighted by Gasteiger charge is 2.49. The van der Waals surface area contributed by atoms with Crippen LogP contribution in [0.1, 0.15) is 30.7 Å². The van der Waals surface area contributed by atoms with Crippen LogP contribution >= 0.6 is 0 Å². The molecule has 2 aliphatic rings. The second-order valence-corrected chi connectivity index (χ2v) is 5.77. The van der Waals surface area contributed by atoms with Crippen molar-refractivity contribution < 1.29 is 9.53 Å². The summed E-state index contributed by atoms with van der Waals surface area (Å²) in [6.07, 6.45) is 3.39. The fourth-order valence-corrected chi connectivity index (χ4v) is 3.97. The molecular weight excluding hydrogens is 238 g/mol. The normalized spacial score (nSPS) is 34.2. The first-order valence-corrected chi connectivity index (χ1v) is 7.07. The summed E-state index contributed by atoms with van der Waals surface area (Å²) in [5.41, 5.74) is 1.28. The Bertz CT molecular complexity index is 459. The van der Waals surface area contributed by atoms with Gasteiger partial charge < -0.3 is 4.74 Å². The highest BCUT2D eigenvalue weighted by Crippen LogP contribution is 2.46. The number of hydrogen-bond acceptors (Lipinski definition) is 3. The van der Waals surface area contributed by atoms with E-state index in [1.54, 1.807) is 0 Å². The van der Waals surface area contributed by atoms with Crippen molar-refractivity contribution in [3.8, 4) is 0 Å². The molecule has 0 amide bonds. The van der Waals surface area contributed by atoms with E-state index < -0.39 is 0 Å². The third-order valence-corrected chi connectivity index (χ3v) is 4.97. The molecule has 4 atom stereocenters. The minimum Gasteiger partial charge on any atom is -0.469 e. The molecule has 0 aromatic heterocycles. The molecule has 102 valence electrons. The van der Waals surface area contributed by atoms with Gasteiger partial charge in [-0.05, 0) is 31.9 Å². The summed E-state index contributed by atoms with van der Waals surface area (Å²) < 4.78 is 5.07. The number of esters is 1. The molecule has 0 radical (unpaired) electrons. The number of nitrogens with zero attached hydrogens (tertiary/aromatic N) is 1. The Labute approximate surface area is 114 Å². The van der Waals surface area contributed by atoms with Gasteiger partial charge >= 0.3 is 5.97 Å². The Morgan fingerprint density at radius 2 is 2.00 bits per heavy atom. The van der Waals surface area contributed by atoms with Crippen molar-refractivity contribution >= 4 is 5.97 Å². The maximum atomic E-state index is 12.2. The van der Waals surface area contributed by atoms with Crippen LogP contribution in [0, 0.1) is 5.92 Å². The molecule has 2 fully saturated rings. The molecule has 0 aliphatic carbocycles. The lowest BCUT2D eigenvalue weighted by Crippen LogP contribution is -2.49. The van der Waals surface area contributed by atoms with Gasteiger partial charge in [0, 0.05) is 18.0 Å². The van der Waals surface area contributed by atoms with Crippen LogP contribution in [0.4, 0.5) is 0 Å². The van der Waals surface area contributed by atoms with Gasteiger partial charge in [0.25, 0.3) is 0 Å². The van der Waals surface area contributed by atoms with Crippen LogP contribution in [0.15, 0.2) is 30.3 Å². The lowest BCUT2D eigenvalue weighted by molar-refractivity contribution is -0.150. The Kier molecular flexibility index (Phi) is 3.31. The van der Waals surface area contributed by atoms with Crippen LogP contribution in [-0.4, -0.2) is 37.1 Å². The molecule has 1 aromatic carbocycles. The predicted molar refractivity (Wildman–Crippen MR) is 73.9 cm³/mol. The number of carbonyl (C=O) groups excluding carboxylic acids is 1. The van der Waals surface area contributed by atoms with E-state index >= 15 is 0 Å². The Morgan fingerprint density at radius 1 is 1.26 bits per heavy atom. The number of piperidine rings is 1. The van der Waals surface area contributed by atoms with Gasteiger partial charge in [-0.15, -0.1) is 0 Å². The van der Waals surface area contributed by atoms with Crippen molar-refractivity contribution in [3.05, 3.63) is 35.9 Å². The number of methoxy groups -OCH3 is 1. The van der Waals surface area contributed by atoms with E-state index in [1.807, 2.05) is 6.07 Å². The number of fused-ring (bicyclic) bond motifs is 2. The van der Waals surface area contributed by atoms with Gasteiger partial charge in [0.05, 0.1) is 13.0 Å². The molecular formula is C16H21NO2. The van der Waals surface area contributed by atoms with E-state index in [9.17, 15) is 4.79 Å². The monoisotopic (exact) mass is 259 g/mol. The Balaban J connectivity index is 1.96. The van der Waals surface area contributed by atoms with Crippen LogP contribution in [0.5, 0.6) is 0 Å². The van der Waals surface area contributed by atoms with Crippen molar-refractivity contribution in [2.24, 2.45) is 5.92 Å². The number of rotatable bonds is 2. The van der Waals surface area contributed by atoms with E-state index in [2.05, 4.69) is 36.2 Å². The molecule has 1 aromatic rings. The van der Waals surface area contributed by atoms with Crippen LogP contribution < -0.4 is 0 Å². The smallest absolute Gasteiger partial charge is 0.310 e. The predicted octanol–water partition coefficient (Wildman–Crippen LogP) is 2.43. The lowest BCUT2D eigenvalue weighted by atomic mass is 9.76. The molecule has 3 heteroatoms. The first kappa shape index (κ1) is 12.7. The summed E-state index contributed by atoms with van der Waals surface area (Å²) in [6.45, 7) is 0. The van der Waals surface area contributed by atoms with Gasteiger partial charge in [-0.1, -0.05) is 30.3 Å². The third kappa shape index (κ3) is 2.06. The largest absolute Gasteiger partial charge is 0.469 e. The van der Waals surface area contributed by atoms with Crippen LogP contribution in [0.25, 0.3) is 0 Å². The standard InChI is InChI=1S/C16H21NO2/c1-17-12-8-9-14(17)15(16(18)19-2)13(10-12)11-6-4-3-5-7-11/h3-7,12-15H,8-10H2,1-2H3/t12?,13-,14-,15+/m1/s1. The molecule has 0 N–H and O–H groups in total. The number of ether oxygens (including phenoxy) is 1. The van der Waals surface area contributed by atoms with Gasteiger partial charge in [0.15, 0.2) is 0 Å². The van der Waals surface area contributed by atoms with Crippen LogP contribution in [0.3, 0.4) is 0 Å². The van der Waals surface area contributed by atoms with E-state index in [1.165, 1.54) is 19.1 Å². The summed E-state index contributed by atoms with van der Waals surface area (Å²) in [4.78, 5) is 14.6. The second kappa shape index (κ2) is 4.97. The van der Waals surface area contributed by atoms with Gasteiger partial charge in [-0.25, -0.2) is 0 Å². The molecule has 3 rings (SSSR count).